The fourth-order valence-electron chi connectivity index (χ4n) is 2.52. The predicted molar refractivity (Wildman–Crippen MR) is 130 cm³/mol. The van der Waals surface area contributed by atoms with Crippen LogP contribution in [0.15, 0.2) is 71.8 Å². The lowest BCUT2D eigenvalue weighted by Gasteiger charge is -2.10. The summed E-state index contributed by atoms with van der Waals surface area (Å²) >= 11 is 8.22. The lowest BCUT2D eigenvalue weighted by atomic mass is 10.2. The first kappa shape index (κ1) is 23.6. The molecule has 0 aromatic heterocycles. The Kier molecular flexibility index (Phi) is 8.46. The quantitative estimate of drug-likeness (QED) is 0.141. The lowest BCUT2D eigenvalue weighted by Crippen LogP contribution is -2.24. The summed E-state index contributed by atoms with van der Waals surface area (Å²) in [6.45, 7) is -0.168. The van der Waals surface area contributed by atoms with Crippen LogP contribution < -0.4 is 19.6 Å². The number of rotatable bonds is 8. The number of nitrogens with zero attached hydrogens (tertiary/aromatic N) is 1. The summed E-state index contributed by atoms with van der Waals surface area (Å²) in [4.78, 5) is 24.3. The molecule has 0 aliphatic carbocycles. The number of hydrogen-bond donors (Lipinski definition) is 1. The summed E-state index contributed by atoms with van der Waals surface area (Å²) < 4.78 is 17.2. The maximum atomic E-state index is 12.4. The Morgan fingerprint density at radius 3 is 2.53 bits per heavy atom. The molecule has 32 heavy (non-hydrogen) atoms. The number of amides is 1. The van der Waals surface area contributed by atoms with E-state index in [9.17, 15) is 9.59 Å². The Hall–Kier alpha value is -3.11. The van der Waals surface area contributed by atoms with Gasteiger partial charge in [0.25, 0.3) is 5.91 Å². The van der Waals surface area contributed by atoms with Crippen molar-refractivity contribution in [1.29, 1.82) is 0 Å². The average molecular weight is 565 g/mol. The predicted octanol–water partition coefficient (Wildman–Crippen LogP) is 4.70. The summed E-state index contributed by atoms with van der Waals surface area (Å²) in [6, 6.07) is 18.8. The van der Waals surface area contributed by atoms with Crippen molar-refractivity contribution in [2.75, 3.05) is 13.7 Å². The monoisotopic (exact) mass is 564 g/mol. The van der Waals surface area contributed by atoms with Gasteiger partial charge in [-0.05, 0) is 82.8 Å². The minimum absolute atomic E-state index is 0.168. The van der Waals surface area contributed by atoms with Gasteiger partial charge in [0.15, 0.2) is 18.1 Å². The van der Waals surface area contributed by atoms with Gasteiger partial charge in [0.1, 0.15) is 5.75 Å². The van der Waals surface area contributed by atoms with E-state index >= 15 is 0 Å². The van der Waals surface area contributed by atoms with Crippen molar-refractivity contribution in [3.63, 3.8) is 0 Å². The highest BCUT2D eigenvalue weighted by atomic mass is 127. The van der Waals surface area contributed by atoms with Gasteiger partial charge >= 0.3 is 5.97 Å². The van der Waals surface area contributed by atoms with Gasteiger partial charge in [-0.25, -0.2) is 10.2 Å². The van der Waals surface area contributed by atoms with Gasteiger partial charge in [-0.1, -0.05) is 23.7 Å². The molecule has 0 spiro atoms. The van der Waals surface area contributed by atoms with E-state index in [4.69, 9.17) is 25.8 Å². The Morgan fingerprint density at radius 1 is 1.06 bits per heavy atom. The van der Waals surface area contributed by atoms with Crippen molar-refractivity contribution in [2.24, 2.45) is 5.10 Å². The maximum Gasteiger partial charge on any atom is 0.345 e. The number of methoxy groups -OCH3 is 1. The largest absolute Gasteiger partial charge is 0.493 e. The number of ether oxygens (including phenoxy) is 3. The van der Waals surface area contributed by atoms with Crippen molar-refractivity contribution >= 4 is 52.3 Å². The van der Waals surface area contributed by atoms with Crippen LogP contribution in [0.3, 0.4) is 0 Å². The van der Waals surface area contributed by atoms with Crippen molar-refractivity contribution in [3.8, 4) is 17.2 Å². The van der Waals surface area contributed by atoms with E-state index in [-0.39, 0.29) is 17.9 Å². The first-order valence-corrected chi connectivity index (χ1v) is 10.8. The average Bonchev–Trinajstić information content (AvgIpc) is 2.79. The van der Waals surface area contributed by atoms with Crippen LogP contribution in [-0.2, 0) is 4.79 Å². The fourth-order valence-corrected chi connectivity index (χ4v) is 3.09. The molecule has 0 saturated heterocycles. The van der Waals surface area contributed by atoms with E-state index < -0.39 is 11.9 Å². The second-order valence-electron chi connectivity index (χ2n) is 6.32. The molecule has 7 nitrogen and oxygen atoms in total. The molecule has 3 aromatic carbocycles. The lowest BCUT2D eigenvalue weighted by molar-refractivity contribution is -0.123. The number of nitrogens with one attached hydrogen (secondary N) is 1. The Balaban J connectivity index is 1.57. The van der Waals surface area contributed by atoms with Crippen LogP contribution in [0.4, 0.5) is 0 Å². The van der Waals surface area contributed by atoms with E-state index in [0.29, 0.717) is 22.1 Å². The Labute approximate surface area is 203 Å². The van der Waals surface area contributed by atoms with Crippen molar-refractivity contribution < 1.29 is 23.8 Å². The summed E-state index contributed by atoms with van der Waals surface area (Å²) in [6.07, 6.45) is 1.44. The van der Waals surface area contributed by atoms with Gasteiger partial charge in [-0.3, -0.25) is 4.79 Å². The summed E-state index contributed by atoms with van der Waals surface area (Å²) in [7, 11) is 1.45. The van der Waals surface area contributed by atoms with E-state index in [1.54, 1.807) is 54.6 Å². The van der Waals surface area contributed by atoms with Gasteiger partial charge < -0.3 is 14.2 Å². The minimum atomic E-state index is -0.601. The third-order valence-electron chi connectivity index (χ3n) is 4.07. The van der Waals surface area contributed by atoms with Crippen LogP contribution in [0.2, 0.25) is 5.02 Å². The molecule has 3 aromatic rings. The Bertz CT molecular complexity index is 1140. The third-order valence-corrected chi connectivity index (χ3v) is 5.12. The zero-order valence-corrected chi connectivity index (χ0v) is 19.8. The van der Waals surface area contributed by atoms with Gasteiger partial charge in [0.05, 0.1) is 23.9 Å². The molecule has 0 aliphatic rings. The standard InChI is InChI=1S/C23H18ClIN2O5/c1-30-21-12-15(6-11-20(21)32-23(29)18-4-2-3-5-19(18)24)13-26-27-22(28)14-31-17-9-7-16(25)8-10-17/h2-13H,14H2,1H3,(H,27,28). The molecule has 164 valence electrons. The number of esters is 1. The first-order valence-electron chi connectivity index (χ1n) is 9.31. The first-order chi connectivity index (χ1) is 15.5. The van der Waals surface area contributed by atoms with Crippen molar-refractivity contribution in [2.45, 2.75) is 0 Å². The van der Waals surface area contributed by atoms with Crippen LogP contribution in [-0.4, -0.2) is 31.8 Å². The molecule has 0 unspecified atom stereocenters. The highest BCUT2D eigenvalue weighted by Crippen LogP contribution is 2.29. The number of benzene rings is 3. The molecule has 0 saturated carbocycles. The third kappa shape index (κ3) is 6.69. The van der Waals surface area contributed by atoms with Gasteiger partial charge in [-0.15, -0.1) is 0 Å². The smallest absolute Gasteiger partial charge is 0.345 e. The molecule has 9 heteroatoms. The van der Waals surface area contributed by atoms with Crippen LogP contribution in [0.1, 0.15) is 15.9 Å². The second-order valence-corrected chi connectivity index (χ2v) is 7.97. The normalized spacial score (nSPS) is 10.6. The minimum Gasteiger partial charge on any atom is -0.493 e. The molecule has 0 bridgehead atoms. The van der Waals surface area contributed by atoms with Crippen LogP contribution in [0.5, 0.6) is 17.2 Å². The van der Waals surface area contributed by atoms with Crippen molar-refractivity contribution in [1.82, 2.24) is 5.43 Å². The maximum absolute atomic E-state index is 12.4. The van der Waals surface area contributed by atoms with Gasteiger partial charge in [0.2, 0.25) is 0 Å². The molecule has 3 rings (SSSR count). The van der Waals surface area contributed by atoms with E-state index in [0.717, 1.165) is 3.57 Å². The molecule has 0 radical (unpaired) electrons. The molecular formula is C23H18ClIN2O5. The summed E-state index contributed by atoms with van der Waals surface area (Å²) in [5.41, 5.74) is 3.26. The number of halogens is 2. The number of carbonyl (C=O) groups is 2. The molecule has 0 heterocycles. The molecule has 0 atom stereocenters. The molecule has 1 amide bonds. The van der Waals surface area contributed by atoms with Crippen LogP contribution in [0.25, 0.3) is 0 Å². The zero-order valence-electron chi connectivity index (χ0n) is 16.9. The second kappa shape index (κ2) is 11.5. The van der Waals surface area contributed by atoms with Crippen molar-refractivity contribution in [3.05, 3.63) is 86.4 Å². The molecule has 1 N–H and O–H groups in total. The number of carbonyl (C=O) groups excluding carboxylic acids is 2. The highest BCUT2D eigenvalue weighted by Gasteiger charge is 2.15. The van der Waals surface area contributed by atoms with E-state index in [1.807, 2.05) is 12.1 Å². The molecule has 0 fully saturated rings. The fraction of sp³-hybridized carbons (Fsp3) is 0.0870. The highest BCUT2D eigenvalue weighted by molar-refractivity contribution is 14.1. The van der Waals surface area contributed by atoms with E-state index in [2.05, 4.69) is 33.1 Å². The Morgan fingerprint density at radius 2 is 1.81 bits per heavy atom. The number of hydrazone groups is 1. The summed E-state index contributed by atoms with van der Waals surface area (Å²) in [5, 5.41) is 4.20. The molecular weight excluding hydrogens is 547 g/mol. The summed E-state index contributed by atoms with van der Waals surface area (Å²) in [5.74, 6) is 0.135. The SMILES string of the molecule is COc1cc(C=NNC(=O)COc2ccc(I)cc2)ccc1OC(=O)c1ccccc1Cl. The topological polar surface area (TPSA) is 86.2 Å². The van der Waals surface area contributed by atoms with Gasteiger partial charge in [0, 0.05) is 3.57 Å². The van der Waals surface area contributed by atoms with E-state index in [1.165, 1.54) is 13.3 Å². The van der Waals surface area contributed by atoms with Gasteiger partial charge in [-0.2, -0.15) is 5.10 Å². The number of hydrogen-bond acceptors (Lipinski definition) is 6. The van der Waals surface area contributed by atoms with Crippen LogP contribution in [0, 0.1) is 3.57 Å². The molecule has 0 aliphatic heterocycles. The van der Waals surface area contributed by atoms with Crippen LogP contribution >= 0.6 is 34.2 Å². The zero-order chi connectivity index (χ0) is 22.9.